The van der Waals surface area contributed by atoms with Crippen LogP contribution < -0.4 is 9.21 Å². The first-order chi connectivity index (χ1) is 12.8. The Bertz CT molecular complexity index is 880. The molecule has 0 atom stereocenters. The fraction of sp³-hybridized carbons (Fsp3) is 0.381. The number of nitrogens with zero attached hydrogens (tertiary/aromatic N) is 2. The summed E-state index contributed by atoms with van der Waals surface area (Å²) < 4.78 is 26.3. The zero-order chi connectivity index (χ0) is 20.0. The molecule has 0 N–H and O–H groups in total. The quantitative estimate of drug-likeness (QED) is 0.692. The van der Waals surface area contributed by atoms with Crippen molar-refractivity contribution in [2.24, 2.45) is 0 Å². The minimum Gasteiger partial charge on any atom is -0.313 e. The molecule has 0 radical (unpaired) electrons. The third-order valence-electron chi connectivity index (χ3n) is 4.57. The van der Waals surface area contributed by atoms with Gasteiger partial charge in [0.2, 0.25) is 15.9 Å². The molecular formula is C21H28N2O3S. The van der Waals surface area contributed by atoms with Gasteiger partial charge in [0.25, 0.3) is 0 Å². The molecule has 2 aromatic rings. The van der Waals surface area contributed by atoms with E-state index in [1.807, 2.05) is 69.3 Å². The summed E-state index contributed by atoms with van der Waals surface area (Å²) in [4.78, 5) is 14.5. The topological polar surface area (TPSA) is 57.7 Å². The van der Waals surface area contributed by atoms with Crippen molar-refractivity contribution in [1.29, 1.82) is 0 Å². The highest BCUT2D eigenvalue weighted by molar-refractivity contribution is 7.92. The first kappa shape index (κ1) is 21.0. The SMILES string of the molecule is CCc1cccc(C)c1N(CCC(=O)N(CC)c1ccccc1)S(C)(=O)=O. The molecule has 6 heteroatoms. The van der Waals surface area contributed by atoms with Gasteiger partial charge in [0.15, 0.2) is 0 Å². The van der Waals surface area contributed by atoms with E-state index in [2.05, 4.69) is 0 Å². The van der Waals surface area contributed by atoms with Crippen molar-refractivity contribution in [3.63, 3.8) is 0 Å². The van der Waals surface area contributed by atoms with Gasteiger partial charge in [0.05, 0.1) is 11.9 Å². The van der Waals surface area contributed by atoms with Crippen LogP contribution in [-0.4, -0.2) is 33.7 Å². The predicted molar refractivity (Wildman–Crippen MR) is 112 cm³/mol. The predicted octanol–water partition coefficient (Wildman–Crippen LogP) is 3.77. The zero-order valence-corrected chi connectivity index (χ0v) is 17.3. The van der Waals surface area contributed by atoms with Crippen molar-refractivity contribution in [1.82, 2.24) is 0 Å². The van der Waals surface area contributed by atoms with Gasteiger partial charge in [-0.2, -0.15) is 0 Å². The molecule has 0 saturated heterocycles. The summed E-state index contributed by atoms with van der Waals surface area (Å²) in [5, 5.41) is 0. The molecule has 2 aromatic carbocycles. The van der Waals surface area contributed by atoms with Crippen molar-refractivity contribution in [2.75, 3.05) is 28.6 Å². The van der Waals surface area contributed by atoms with E-state index in [0.717, 1.165) is 23.2 Å². The Hall–Kier alpha value is -2.34. The third-order valence-corrected chi connectivity index (χ3v) is 5.73. The van der Waals surface area contributed by atoms with Gasteiger partial charge < -0.3 is 4.90 Å². The van der Waals surface area contributed by atoms with E-state index in [0.29, 0.717) is 12.2 Å². The molecule has 0 unspecified atom stereocenters. The average molecular weight is 389 g/mol. The number of amides is 1. The van der Waals surface area contributed by atoms with Gasteiger partial charge in [0, 0.05) is 25.2 Å². The van der Waals surface area contributed by atoms with Crippen LogP contribution in [0.4, 0.5) is 11.4 Å². The van der Waals surface area contributed by atoms with Gasteiger partial charge in [0.1, 0.15) is 0 Å². The summed E-state index contributed by atoms with van der Waals surface area (Å²) in [6, 6.07) is 15.2. The van der Waals surface area contributed by atoms with Crippen LogP contribution in [0.3, 0.4) is 0 Å². The van der Waals surface area contributed by atoms with E-state index in [-0.39, 0.29) is 18.9 Å². The average Bonchev–Trinajstić information content (AvgIpc) is 2.63. The molecule has 2 rings (SSSR count). The minimum absolute atomic E-state index is 0.0935. The van der Waals surface area contributed by atoms with E-state index in [1.165, 1.54) is 10.6 Å². The molecule has 1 amide bonds. The molecule has 0 aliphatic carbocycles. The van der Waals surface area contributed by atoms with Crippen LogP contribution in [0.5, 0.6) is 0 Å². The first-order valence-corrected chi connectivity index (χ1v) is 11.1. The number of carbonyl (C=O) groups excluding carboxylic acids is 1. The highest BCUT2D eigenvalue weighted by Crippen LogP contribution is 2.28. The van der Waals surface area contributed by atoms with Crippen LogP contribution in [0.2, 0.25) is 0 Å². The van der Waals surface area contributed by atoms with Crippen molar-refractivity contribution < 1.29 is 13.2 Å². The highest BCUT2D eigenvalue weighted by Gasteiger charge is 2.24. The van der Waals surface area contributed by atoms with Gasteiger partial charge in [-0.15, -0.1) is 0 Å². The van der Waals surface area contributed by atoms with Crippen molar-refractivity contribution in [2.45, 2.75) is 33.6 Å². The Balaban J connectivity index is 2.27. The van der Waals surface area contributed by atoms with Crippen LogP contribution in [0.15, 0.2) is 48.5 Å². The number of rotatable bonds is 8. The van der Waals surface area contributed by atoms with E-state index < -0.39 is 10.0 Å². The van der Waals surface area contributed by atoms with Crippen molar-refractivity contribution in [3.8, 4) is 0 Å². The van der Waals surface area contributed by atoms with Gasteiger partial charge >= 0.3 is 0 Å². The fourth-order valence-electron chi connectivity index (χ4n) is 3.25. The fourth-order valence-corrected chi connectivity index (χ4v) is 4.26. The summed E-state index contributed by atoms with van der Waals surface area (Å²) in [5.74, 6) is -0.0935. The number of aryl methyl sites for hydroxylation is 2. The molecule has 27 heavy (non-hydrogen) atoms. The largest absolute Gasteiger partial charge is 0.313 e. The number of benzene rings is 2. The minimum atomic E-state index is -3.50. The lowest BCUT2D eigenvalue weighted by molar-refractivity contribution is -0.118. The summed E-state index contributed by atoms with van der Waals surface area (Å²) in [7, 11) is -3.50. The molecular weight excluding hydrogens is 360 g/mol. The van der Waals surface area contributed by atoms with E-state index in [9.17, 15) is 13.2 Å². The lowest BCUT2D eigenvalue weighted by atomic mass is 10.1. The summed E-state index contributed by atoms with van der Waals surface area (Å²) >= 11 is 0. The molecule has 0 fully saturated rings. The second-order valence-corrected chi connectivity index (χ2v) is 8.40. The highest BCUT2D eigenvalue weighted by atomic mass is 32.2. The number of para-hydroxylation sites is 2. The van der Waals surface area contributed by atoms with Crippen LogP contribution in [-0.2, 0) is 21.2 Å². The number of anilines is 2. The van der Waals surface area contributed by atoms with E-state index in [4.69, 9.17) is 0 Å². The van der Waals surface area contributed by atoms with Crippen LogP contribution >= 0.6 is 0 Å². The molecule has 0 saturated carbocycles. The molecule has 0 aromatic heterocycles. The standard InChI is InChI=1S/C21H28N2O3S/c1-5-18-12-10-11-17(3)21(18)23(27(4,25)26)16-15-20(24)22(6-2)19-13-8-7-9-14-19/h7-14H,5-6,15-16H2,1-4H3. The van der Waals surface area contributed by atoms with Gasteiger partial charge in [-0.1, -0.05) is 43.3 Å². The first-order valence-electron chi connectivity index (χ1n) is 9.21. The summed E-state index contributed by atoms with van der Waals surface area (Å²) in [6.07, 6.45) is 2.04. The Labute approximate surface area is 162 Å². The third kappa shape index (κ3) is 5.10. The Morgan fingerprint density at radius 3 is 2.22 bits per heavy atom. The van der Waals surface area contributed by atoms with E-state index in [1.54, 1.807) is 4.90 Å². The van der Waals surface area contributed by atoms with Gasteiger partial charge in [-0.05, 0) is 43.5 Å². The van der Waals surface area contributed by atoms with Crippen molar-refractivity contribution in [3.05, 3.63) is 59.7 Å². The lowest BCUT2D eigenvalue weighted by Gasteiger charge is -2.28. The van der Waals surface area contributed by atoms with Gasteiger partial charge in [-0.3, -0.25) is 9.10 Å². The van der Waals surface area contributed by atoms with E-state index >= 15 is 0 Å². The molecule has 0 spiro atoms. The smallest absolute Gasteiger partial charge is 0.232 e. The molecule has 0 heterocycles. The Morgan fingerprint density at radius 1 is 1.00 bits per heavy atom. The van der Waals surface area contributed by atoms with Crippen LogP contribution in [0, 0.1) is 6.92 Å². The molecule has 0 bridgehead atoms. The van der Waals surface area contributed by atoms with Crippen LogP contribution in [0.25, 0.3) is 0 Å². The normalized spacial score (nSPS) is 11.3. The Morgan fingerprint density at radius 2 is 1.67 bits per heavy atom. The summed E-state index contributed by atoms with van der Waals surface area (Å²) in [6.45, 7) is 6.47. The maximum Gasteiger partial charge on any atom is 0.232 e. The maximum atomic E-state index is 12.8. The van der Waals surface area contributed by atoms with Gasteiger partial charge in [-0.25, -0.2) is 8.42 Å². The summed E-state index contributed by atoms with van der Waals surface area (Å²) in [5.41, 5.74) is 3.37. The number of hydrogen-bond acceptors (Lipinski definition) is 3. The lowest BCUT2D eigenvalue weighted by Crippen LogP contribution is -2.37. The van der Waals surface area contributed by atoms with Crippen LogP contribution in [0.1, 0.15) is 31.4 Å². The second-order valence-electron chi connectivity index (χ2n) is 6.49. The second kappa shape index (κ2) is 9.04. The molecule has 146 valence electrons. The number of hydrogen-bond donors (Lipinski definition) is 0. The molecule has 0 aliphatic heterocycles. The Kier molecular flexibility index (Phi) is 7.02. The number of sulfonamides is 1. The maximum absolute atomic E-state index is 12.8. The monoisotopic (exact) mass is 388 g/mol. The van der Waals surface area contributed by atoms with Crippen molar-refractivity contribution >= 4 is 27.3 Å². The number of carbonyl (C=O) groups is 1. The molecule has 0 aliphatic rings. The molecule has 5 nitrogen and oxygen atoms in total. The zero-order valence-electron chi connectivity index (χ0n) is 16.5.